The topological polar surface area (TPSA) is 37.3 Å². The Bertz CT molecular complexity index is 203. The molecule has 0 unspecified atom stereocenters. The van der Waals surface area contributed by atoms with E-state index >= 15 is 0 Å². The first-order chi connectivity index (χ1) is 7.58. The third kappa shape index (κ3) is 5.53. The van der Waals surface area contributed by atoms with Crippen LogP contribution >= 0.6 is 0 Å². The van der Waals surface area contributed by atoms with Gasteiger partial charge in [0, 0.05) is 6.42 Å². The van der Waals surface area contributed by atoms with E-state index in [1.54, 1.807) is 0 Å². The number of carboxylic acids is 1. The fraction of sp³-hybridized carbons (Fsp3) is 0.929. The van der Waals surface area contributed by atoms with Gasteiger partial charge in [0.05, 0.1) is 0 Å². The standard InChI is InChI=1S/C14H26O2/c1-11(2)4-3-5-12-6-8-13(9-7-12)10-14(15)16/h11-13H,3-10H2,1-2H3,(H,15,16). The zero-order valence-electron chi connectivity index (χ0n) is 10.7. The Morgan fingerprint density at radius 2 is 1.75 bits per heavy atom. The van der Waals surface area contributed by atoms with Gasteiger partial charge in [-0.05, 0) is 30.6 Å². The molecule has 2 nitrogen and oxygen atoms in total. The van der Waals surface area contributed by atoms with Crippen LogP contribution in [-0.2, 0) is 4.79 Å². The molecule has 0 aliphatic heterocycles. The molecule has 1 rings (SSSR count). The van der Waals surface area contributed by atoms with E-state index in [0.29, 0.717) is 12.3 Å². The van der Waals surface area contributed by atoms with Gasteiger partial charge in [0.15, 0.2) is 0 Å². The second-order valence-corrected chi connectivity index (χ2v) is 5.81. The van der Waals surface area contributed by atoms with Gasteiger partial charge in [0.2, 0.25) is 0 Å². The van der Waals surface area contributed by atoms with E-state index in [-0.39, 0.29) is 0 Å². The van der Waals surface area contributed by atoms with Crippen molar-refractivity contribution in [1.82, 2.24) is 0 Å². The molecular weight excluding hydrogens is 200 g/mol. The zero-order chi connectivity index (χ0) is 12.0. The van der Waals surface area contributed by atoms with Crippen molar-refractivity contribution in [3.05, 3.63) is 0 Å². The highest BCUT2D eigenvalue weighted by molar-refractivity contribution is 5.67. The van der Waals surface area contributed by atoms with Crippen molar-refractivity contribution in [2.75, 3.05) is 0 Å². The second kappa shape index (κ2) is 6.93. The van der Waals surface area contributed by atoms with E-state index in [4.69, 9.17) is 5.11 Å². The Morgan fingerprint density at radius 3 is 2.25 bits per heavy atom. The normalized spacial score (nSPS) is 25.9. The van der Waals surface area contributed by atoms with Gasteiger partial charge in [-0.3, -0.25) is 4.79 Å². The molecule has 0 aromatic heterocycles. The van der Waals surface area contributed by atoms with Crippen LogP contribution in [0.4, 0.5) is 0 Å². The predicted molar refractivity (Wildman–Crippen MR) is 66.4 cm³/mol. The maximum Gasteiger partial charge on any atom is 0.303 e. The molecule has 1 aliphatic carbocycles. The highest BCUT2D eigenvalue weighted by Gasteiger charge is 2.22. The van der Waals surface area contributed by atoms with Crippen LogP contribution in [0, 0.1) is 17.8 Å². The Morgan fingerprint density at radius 1 is 1.19 bits per heavy atom. The first-order valence-corrected chi connectivity index (χ1v) is 6.79. The van der Waals surface area contributed by atoms with Gasteiger partial charge in [-0.25, -0.2) is 0 Å². The summed E-state index contributed by atoms with van der Waals surface area (Å²) >= 11 is 0. The number of hydrogen-bond donors (Lipinski definition) is 1. The Kier molecular flexibility index (Phi) is 5.86. The first-order valence-electron chi connectivity index (χ1n) is 6.79. The molecule has 1 saturated carbocycles. The molecule has 0 aromatic rings. The first kappa shape index (κ1) is 13.5. The molecule has 2 heteroatoms. The molecule has 1 fully saturated rings. The molecule has 0 spiro atoms. The average Bonchev–Trinajstić information content (AvgIpc) is 2.19. The van der Waals surface area contributed by atoms with Gasteiger partial charge in [-0.2, -0.15) is 0 Å². The molecule has 0 amide bonds. The van der Waals surface area contributed by atoms with Gasteiger partial charge in [0.1, 0.15) is 0 Å². The minimum atomic E-state index is -0.622. The number of hydrogen-bond acceptors (Lipinski definition) is 1. The van der Waals surface area contributed by atoms with Crippen LogP contribution < -0.4 is 0 Å². The molecule has 0 heterocycles. The molecule has 1 N–H and O–H groups in total. The predicted octanol–water partition coefficient (Wildman–Crippen LogP) is 4.09. The minimum Gasteiger partial charge on any atom is -0.481 e. The van der Waals surface area contributed by atoms with Gasteiger partial charge in [-0.1, -0.05) is 46.0 Å². The molecule has 16 heavy (non-hydrogen) atoms. The van der Waals surface area contributed by atoms with Crippen LogP contribution in [0.1, 0.15) is 65.2 Å². The van der Waals surface area contributed by atoms with Crippen molar-refractivity contribution in [3.63, 3.8) is 0 Å². The lowest BCUT2D eigenvalue weighted by atomic mass is 9.78. The summed E-state index contributed by atoms with van der Waals surface area (Å²) in [7, 11) is 0. The monoisotopic (exact) mass is 226 g/mol. The molecule has 0 atom stereocenters. The zero-order valence-corrected chi connectivity index (χ0v) is 10.7. The van der Waals surface area contributed by atoms with Crippen molar-refractivity contribution in [2.24, 2.45) is 17.8 Å². The molecule has 0 saturated heterocycles. The third-order valence-corrected chi connectivity index (χ3v) is 3.82. The largest absolute Gasteiger partial charge is 0.481 e. The fourth-order valence-electron chi connectivity index (χ4n) is 2.79. The van der Waals surface area contributed by atoms with E-state index in [9.17, 15) is 4.79 Å². The van der Waals surface area contributed by atoms with E-state index < -0.39 is 5.97 Å². The van der Waals surface area contributed by atoms with Crippen LogP contribution in [-0.4, -0.2) is 11.1 Å². The summed E-state index contributed by atoms with van der Waals surface area (Å²) in [6.45, 7) is 4.56. The molecule has 0 radical (unpaired) electrons. The highest BCUT2D eigenvalue weighted by Crippen LogP contribution is 2.33. The van der Waals surface area contributed by atoms with Crippen LogP contribution in [0.3, 0.4) is 0 Å². The summed E-state index contributed by atoms with van der Waals surface area (Å²) in [5.74, 6) is 1.54. The van der Waals surface area contributed by atoms with Crippen LogP contribution in [0.5, 0.6) is 0 Å². The summed E-state index contributed by atoms with van der Waals surface area (Å²) in [5, 5.41) is 8.73. The maximum atomic E-state index is 10.6. The molecule has 94 valence electrons. The van der Waals surface area contributed by atoms with E-state index in [0.717, 1.165) is 24.7 Å². The Hall–Kier alpha value is -0.530. The molecule has 1 aliphatic rings. The molecular formula is C14H26O2. The van der Waals surface area contributed by atoms with Crippen molar-refractivity contribution >= 4 is 5.97 Å². The summed E-state index contributed by atoms with van der Waals surface area (Å²) in [4.78, 5) is 10.6. The third-order valence-electron chi connectivity index (χ3n) is 3.82. The Labute approximate surface area is 99.4 Å². The van der Waals surface area contributed by atoms with Crippen molar-refractivity contribution < 1.29 is 9.90 Å². The highest BCUT2D eigenvalue weighted by atomic mass is 16.4. The fourth-order valence-corrected chi connectivity index (χ4v) is 2.79. The number of rotatable bonds is 6. The van der Waals surface area contributed by atoms with Crippen LogP contribution in [0.25, 0.3) is 0 Å². The minimum absolute atomic E-state index is 0.388. The van der Waals surface area contributed by atoms with Crippen LogP contribution in [0.15, 0.2) is 0 Å². The number of carboxylic acid groups (broad SMARTS) is 1. The van der Waals surface area contributed by atoms with Gasteiger partial charge in [-0.15, -0.1) is 0 Å². The SMILES string of the molecule is CC(C)CCCC1CCC(CC(=O)O)CC1. The summed E-state index contributed by atoms with van der Waals surface area (Å²) in [6, 6.07) is 0. The van der Waals surface area contributed by atoms with E-state index in [2.05, 4.69) is 13.8 Å². The van der Waals surface area contributed by atoms with Crippen molar-refractivity contribution in [1.29, 1.82) is 0 Å². The quantitative estimate of drug-likeness (QED) is 0.740. The van der Waals surface area contributed by atoms with Gasteiger partial charge in [0.25, 0.3) is 0 Å². The van der Waals surface area contributed by atoms with Gasteiger partial charge < -0.3 is 5.11 Å². The van der Waals surface area contributed by atoms with Crippen LogP contribution in [0.2, 0.25) is 0 Å². The van der Waals surface area contributed by atoms with E-state index in [1.807, 2.05) is 0 Å². The second-order valence-electron chi connectivity index (χ2n) is 5.81. The lowest BCUT2D eigenvalue weighted by molar-refractivity contribution is -0.138. The molecule has 0 aromatic carbocycles. The van der Waals surface area contributed by atoms with E-state index in [1.165, 1.54) is 32.1 Å². The number of carbonyl (C=O) groups is 1. The maximum absolute atomic E-state index is 10.6. The van der Waals surface area contributed by atoms with Crippen molar-refractivity contribution in [3.8, 4) is 0 Å². The summed E-state index contributed by atoms with van der Waals surface area (Å²) < 4.78 is 0. The lowest BCUT2D eigenvalue weighted by Gasteiger charge is -2.27. The summed E-state index contributed by atoms with van der Waals surface area (Å²) in [5.41, 5.74) is 0. The van der Waals surface area contributed by atoms with Gasteiger partial charge >= 0.3 is 5.97 Å². The molecule has 0 bridgehead atoms. The smallest absolute Gasteiger partial charge is 0.303 e. The number of aliphatic carboxylic acids is 1. The Balaban J connectivity index is 2.10. The summed E-state index contributed by atoms with van der Waals surface area (Å²) in [6.07, 6.45) is 9.24. The average molecular weight is 226 g/mol. The van der Waals surface area contributed by atoms with Crippen molar-refractivity contribution in [2.45, 2.75) is 65.2 Å². The lowest BCUT2D eigenvalue weighted by Crippen LogP contribution is -2.17.